The molecule has 0 unspecified atom stereocenters. The second-order valence-corrected chi connectivity index (χ2v) is 7.31. The molecule has 0 fully saturated rings. The lowest BCUT2D eigenvalue weighted by Crippen LogP contribution is -2.38. The van der Waals surface area contributed by atoms with Crippen LogP contribution in [-0.2, 0) is 9.59 Å². The number of amides is 2. The Kier molecular flexibility index (Phi) is 5.74. The number of rotatable bonds is 5. The highest BCUT2D eigenvalue weighted by Gasteiger charge is 2.22. The number of benzene rings is 1. The Labute approximate surface area is 128 Å². The molecule has 5 heteroatoms. The molecule has 2 N–H and O–H groups in total. The molecule has 110 valence electrons. The first-order chi connectivity index (χ1) is 9.20. The third-order valence-corrected chi connectivity index (χ3v) is 3.33. The molecule has 0 aliphatic carbocycles. The molecule has 0 aromatic heterocycles. The molecule has 0 aliphatic heterocycles. The minimum atomic E-state index is -0.614. The summed E-state index contributed by atoms with van der Waals surface area (Å²) >= 11 is 3.27. The van der Waals surface area contributed by atoms with Crippen LogP contribution < -0.4 is 10.6 Å². The summed E-state index contributed by atoms with van der Waals surface area (Å²) < 4.78 is -0.614. The number of halogens is 1. The maximum Gasteiger partial charge on any atom is 0.236 e. The average Bonchev–Trinajstić information content (AvgIpc) is 2.32. The van der Waals surface area contributed by atoms with Crippen molar-refractivity contribution in [3.8, 4) is 0 Å². The van der Waals surface area contributed by atoms with Gasteiger partial charge in [-0.15, -0.1) is 0 Å². The number of carbonyl (C=O) groups excluding carboxylic acids is 2. The van der Waals surface area contributed by atoms with Crippen molar-refractivity contribution in [2.75, 3.05) is 11.9 Å². The van der Waals surface area contributed by atoms with Crippen molar-refractivity contribution in [2.45, 2.75) is 38.4 Å². The van der Waals surface area contributed by atoms with Gasteiger partial charge in [-0.3, -0.25) is 9.59 Å². The number of hydrogen-bond donors (Lipinski definition) is 2. The van der Waals surface area contributed by atoms with Crippen LogP contribution in [0, 0.1) is 13.8 Å². The molecule has 0 spiro atoms. The summed E-state index contributed by atoms with van der Waals surface area (Å²) in [5.74, 6) is -0.239. The van der Waals surface area contributed by atoms with Crippen molar-refractivity contribution in [3.63, 3.8) is 0 Å². The molecular formula is C15H21BrN2O2. The van der Waals surface area contributed by atoms with E-state index in [9.17, 15) is 9.59 Å². The Morgan fingerprint density at radius 3 is 2.40 bits per heavy atom. The number of alkyl halides is 1. The van der Waals surface area contributed by atoms with Gasteiger partial charge in [-0.25, -0.2) is 0 Å². The van der Waals surface area contributed by atoms with Gasteiger partial charge in [-0.1, -0.05) is 22.0 Å². The van der Waals surface area contributed by atoms with Crippen LogP contribution in [0.5, 0.6) is 0 Å². The van der Waals surface area contributed by atoms with Crippen LogP contribution in [0.3, 0.4) is 0 Å². The number of hydrogen-bond acceptors (Lipinski definition) is 2. The fourth-order valence-corrected chi connectivity index (χ4v) is 1.68. The fourth-order valence-electron chi connectivity index (χ4n) is 1.54. The van der Waals surface area contributed by atoms with Crippen LogP contribution >= 0.6 is 15.9 Å². The van der Waals surface area contributed by atoms with Crippen LogP contribution in [0.1, 0.15) is 31.4 Å². The molecule has 0 saturated carbocycles. The summed E-state index contributed by atoms with van der Waals surface area (Å²) in [5.41, 5.74) is 3.11. The number of carbonyl (C=O) groups is 2. The minimum absolute atomic E-state index is 0.110. The van der Waals surface area contributed by atoms with Gasteiger partial charge in [0.2, 0.25) is 11.8 Å². The Morgan fingerprint density at radius 1 is 1.20 bits per heavy atom. The lowest BCUT2D eigenvalue weighted by molar-refractivity contribution is -0.122. The Hall–Kier alpha value is -1.36. The summed E-state index contributed by atoms with van der Waals surface area (Å²) in [7, 11) is 0. The SMILES string of the molecule is Cc1ccc(NC(=O)CCNC(=O)C(C)(C)Br)cc1C. The zero-order valence-electron chi connectivity index (χ0n) is 12.3. The molecule has 0 atom stereocenters. The number of aryl methyl sites for hydroxylation is 2. The molecule has 1 rings (SSSR count). The van der Waals surface area contributed by atoms with E-state index in [4.69, 9.17) is 0 Å². The van der Waals surface area contributed by atoms with E-state index in [0.29, 0.717) is 6.54 Å². The molecule has 0 radical (unpaired) electrons. The molecule has 2 amide bonds. The van der Waals surface area contributed by atoms with Crippen molar-refractivity contribution in [1.82, 2.24) is 5.32 Å². The predicted molar refractivity (Wildman–Crippen MR) is 85.2 cm³/mol. The summed E-state index contributed by atoms with van der Waals surface area (Å²) in [6.07, 6.45) is 0.252. The smallest absolute Gasteiger partial charge is 0.236 e. The number of nitrogens with one attached hydrogen (secondary N) is 2. The zero-order chi connectivity index (χ0) is 15.3. The van der Waals surface area contributed by atoms with Crippen LogP contribution in [0.25, 0.3) is 0 Å². The normalized spacial score (nSPS) is 11.1. The van der Waals surface area contributed by atoms with Crippen molar-refractivity contribution in [3.05, 3.63) is 29.3 Å². The Morgan fingerprint density at radius 2 is 1.85 bits per heavy atom. The molecule has 1 aromatic carbocycles. The van der Waals surface area contributed by atoms with Crippen molar-refractivity contribution in [2.24, 2.45) is 0 Å². The van der Waals surface area contributed by atoms with Gasteiger partial charge in [-0.05, 0) is 51.0 Å². The maximum atomic E-state index is 11.8. The topological polar surface area (TPSA) is 58.2 Å². The Bertz CT molecular complexity index is 507. The van der Waals surface area contributed by atoms with Gasteiger partial charge in [0.05, 0.1) is 4.32 Å². The van der Waals surface area contributed by atoms with Crippen LogP contribution in [0.4, 0.5) is 5.69 Å². The van der Waals surface area contributed by atoms with Crippen molar-refractivity contribution >= 4 is 33.4 Å². The predicted octanol–water partition coefficient (Wildman–Crippen LogP) is 2.92. The lowest BCUT2D eigenvalue weighted by atomic mass is 10.1. The third kappa shape index (κ3) is 5.33. The summed E-state index contributed by atoms with van der Waals surface area (Å²) in [5, 5.41) is 5.53. The standard InChI is InChI=1S/C15H21BrN2O2/c1-10-5-6-12(9-11(10)2)18-13(19)7-8-17-14(20)15(3,4)16/h5-6,9H,7-8H2,1-4H3,(H,17,20)(H,18,19). The van der Waals surface area contributed by atoms with E-state index < -0.39 is 4.32 Å². The molecule has 0 heterocycles. The average molecular weight is 341 g/mol. The van der Waals surface area contributed by atoms with Crippen molar-refractivity contribution < 1.29 is 9.59 Å². The van der Waals surface area contributed by atoms with Gasteiger partial charge >= 0.3 is 0 Å². The first-order valence-corrected chi connectivity index (χ1v) is 7.34. The van der Waals surface area contributed by atoms with Gasteiger partial charge in [-0.2, -0.15) is 0 Å². The van der Waals surface area contributed by atoms with E-state index >= 15 is 0 Å². The monoisotopic (exact) mass is 340 g/mol. The quantitative estimate of drug-likeness (QED) is 0.809. The molecular weight excluding hydrogens is 320 g/mol. The van der Waals surface area contributed by atoms with E-state index in [-0.39, 0.29) is 18.2 Å². The van der Waals surface area contributed by atoms with Crippen LogP contribution in [0.15, 0.2) is 18.2 Å². The summed E-state index contributed by atoms with van der Waals surface area (Å²) in [6, 6.07) is 5.79. The minimum Gasteiger partial charge on any atom is -0.354 e. The highest BCUT2D eigenvalue weighted by atomic mass is 79.9. The second-order valence-electron chi connectivity index (χ2n) is 5.33. The van der Waals surface area contributed by atoms with E-state index in [1.54, 1.807) is 13.8 Å². The third-order valence-electron chi connectivity index (χ3n) is 2.97. The first-order valence-electron chi connectivity index (χ1n) is 6.54. The lowest BCUT2D eigenvalue weighted by Gasteiger charge is -2.15. The Balaban J connectivity index is 2.41. The fraction of sp³-hybridized carbons (Fsp3) is 0.467. The van der Waals surface area contributed by atoms with Crippen LogP contribution in [-0.4, -0.2) is 22.7 Å². The van der Waals surface area contributed by atoms with E-state index in [1.165, 1.54) is 5.56 Å². The van der Waals surface area contributed by atoms with Gasteiger partial charge in [0.15, 0.2) is 0 Å². The van der Waals surface area contributed by atoms with E-state index in [0.717, 1.165) is 11.3 Å². The summed E-state index contributed by atoms with van der Waals surface area (Å²) in [6.45, 7) is 7.88. The van der Waals surface area contributed by atoms with Gasteiger partial charge in [0.25, 0.3) is 0 Å². The van der Waals surface area contributed by atoms with E-state index in [1.807, 2.05) is 32.0 Å². The van der Waals surface area contributed by atoms with Crippen LogP contribution in [0.2, 0.25) is 0 Å². The summed E-state index contributed by atoms with van der Waals surface area (Å²) in [4.78, 5) is 23.4. The second kappa shape index (κ2) is 6.88. The molecule has 0 aliphatic rings. The number of anilines is 1. The highest BCUT2D eigenvalue weighted by Crippen LogP contribution is 2.15. The maximum absolute atomic E-state index is 11.8. The molecule has 1 aromatic rings. The molecule has 0 saturated heterocycles. The van der Waals surface area contributed by atoms with E-state index in [2.05, 4.69) is 26.6 Å². The zero-order valence-corrected chi connectivity index (χ0v) is 13.9. The largest absolute Gasteiger partial charge is 0.354 e. The molecule has 4 nitrogen and oxygen atoms in total. The first kappa shape index (κ1) is 16.7. The van der Waals surface area contributed by atoms with Gasteiger partial charge in [0, 0.05) is 18.7 Å². The van der Waals surface area contributed by atoms with Gasteiger partial charge in [0.1, 0.15) is 0 Å². The van der Waals surface area contributed by atoms with Gasteiger partial charge < -0.3 is 10.6 Å². The molecule has 20 heavy (non-hydrogen) atoms. The molecule has 0 bridgehead atoms. The highest BCUT2D eigenvalue weighted by molar-refractivity contribution is 9.10. The van der Waals surface area contributed by atoms with Crippen molar-refractivity contribution in [1.29, 1.82) is 0 Å².